The molecular weight excluding hydrogens is 138 g/mol. The van der Waals surface area contributed by atoms with Crippen LogP contribution in [0.2, 0.25) is 0 Å². The van der Waals surface area contributed by atoms with E-state index in [-0.39, 0.29) is 0 Å². The first-order valence-electron chi connectivity index (χ1n) is 3.40. The lowest BCUT2D eigenvalue weighted by atomic mass is 10.3. The van der Waals surface area contributed by atoms with Gasteiger partial charge in [-0.3, -0.25) is 0 Å². The highest BCUT2D eigenvalue weighted by Crippen LogP contribution is 1.98. The van der Waals surface area contributed by atoms with Crippen LogP contribution in [-0.2, 0) is 6.42 Å². The molecule has 0 aliphatic rings. The molecule has 0 atom stereocenters. The SMILES string of the molecule is Cc1cc(C)nc(CC#N)n1. The third-order valence-corrected chi connectivity index (χ3v) is 1.27. The highest BCUT2D eigenvalue weighted by molar-refractivity contribution is 5.10. The smallest absolute Gasteiger partial charge is 0.142 e. The van der Waals surface area contributed by atoms with Crippen LogP contribution in [0.15, 0.2) is 6.07 Å². The van der Waals surface area contributed by atoms with Crippen LogP contribution in [0.1, 0.15) is 17.2 Å². The van der Waals surface area contributed by atoms with Crippen LogP contribution < -0.4 is 0 Å². The van der Waals surface area contributed by atoms with Gasteiger partial charge in [-0.1, -0.05) is 0 Å². The summed E-state index contributed by atoms with van der Waals surface area (Å²) in [5.41, 5.74) is 1.84. The zero-order valence-electron chi connectivity index (χ0n) is 6.63. The van der Waals surface area contributed by atoms with Gasteiger partial charge in [0, 0.05) is 11.4 Å². The second-order valence-electron chi connectivity index (χ2n) is 2.40. The largest absolute Gasteiger partial charge is 0.237 e. The summed E-state index contributed by atoms with van der Waals surface area (Å²) in [6, 6.07) is 3.90. The second-order valence-corrected chi connectivity index (χ2v) is 2.40. The summed E-state index contributed by atoms with van der Waals surface area (Å²) in [5.74, 6) is 0.616. The molecule has 1 aromatic rings. The first-order chi connectivity index (χ1) is 5.22. The first-order valence-corrected chi connectivity index (χ1v) is 3.40. The van der Waals surface area contributed by atoms with Crippen LogP contribution in [0.3, 0.4) is 0 Å². The van der Waals surface area contributed by atoms with Crippen molar-refractivity contribution in [1.29, 1.82) is 5.26 Å². The van der Waals surface area contributed by atoms with Crippen molar-refractivity contribution in [2.75, 3.05) is 0 Å². The predicted molar refractivity (Wildman–Crippen MR) is 40.8 cm³/mol. The maximum Gasteiger partial charge on any atom is 0.142 e. The average molecular weight is 147 g/mol. The lowest BCUT2D eigenvalue weighted by Gasteiger charge is -1.97. The molecule has 56 valence electrons. The fraction of sp³-hybridized carbons (Fsp3) is 0.375. The quantitative estimate of drug-likeness (QED) is 0.598. The van der Waals surface area contributed by atoms with E-state index in [1.54, 1.807) is 0 Å². The van der Waals surface area contributed by atoms with Gasteiger partial charge in [0.1, 0.15) is 5.82 Å². The van der Waals surface area contributed by atoms with Gasteiger partial charge in [-0.25, -0.2) is 9.97 Å². The van der Waals surface area contributed by atoms with Gasteiger partial charge in [-0.2, -0.15) is 5.26 Å². The first kappa shape index (κ1) is 7.67. The number of aryl methyl sites for hydroxylation is 2. The standard InChI is InChI=1S/C8H9N3/c1-6-5-7(2)11-8(10-6)3-4-9/h5H,3H2,1-2H3. The minimum atomic E-state index is 0.294. The Morgan fingerprint density at radius 3 is 2.36 bits per heavy atom. The summed E-state index contributed by atoms with van der Waals surface area (Å²) in [5, 5.41) is 8.37. The van der Waals surface area contributed by atoms with Crippen LogP contribution >= 0.6 is 0 Å². The third-order valence-electron chi connectivity index (χ3n) is 1.27. The molecule has 3 nitrogen and oxygen atoms in total. The molecule has 0 radical (unpaired) electrons. The van der Waals surface area contributed by atoms with Gasteiger partial charge in [0.05, 0.1) is 12.5 Å². The number of hydrogen-bond donors (Lipinski definition) is 0. The van der Waals surface area contributed by atoms with Crippen LogP contribution in [-0.4, -0.2) is 9.97 Å². The minimum absolute atomic E-state index is 0.294. The zero-order chi connectivity index (χ0) is 8.27. The van der Waals surface area contributed by atoms with E-state index in [0.29, 0.717) is 12.2 Å². The van der Waals surface area contributed by atoms with Gasteiger partial charge in [0.15, 0.2) is 0 Å². The molecule has 0 fully saturated rings. The summed E-state index contributed by atoms with van der Waals surface area (Å²) < 4.78 is 0. The summed E-state index contributed by atoms with van der Waals surface area (Å²) in [4.78, 5) is 8.18. The predicted octanol–water partition coefficient (Wildman–Crippen LogP) is 1.16. The van der Waals surface area contributed by atoms with E-state index < -0.39 is 0 Å². The number of nitriles is 1. The Balaban J connectivity index is 3.01. The van der Waals surface area contributed by atoms with Gasteiger partial charge < -0.3 is 0 Å². The molecule has 0 bridgehead atoms. The van der Waals surface area contributed by atoms with Crippen molar-refractivity contribution in [2.45, 2.75) is 20.3 Å². The molecule has 11 heavy (non-hydrogen) atoms. The molecule has 0 saturated carbocycles. The van der Waals surface area contributed by atoms with E-state index in [9.17, 15) is 0 Å². The van der Waals surface area contributed by atoms with Crippen molar-refractivity contribution in [1.82, 2.24) is 9.97 Å². The van der Waals surface area contributed by atoms with Crippen LogP contribution in [0, 0.1) is 25.2 Å². The van der Waals surface area contributed by atoms with Gasteiger partial charge in [0.2, 0.25) is 0 Å². The molecule has 0 aliphatic heterocycles. The molecule has 0 aromatic carbocycles. The fourth-order valence-electron chi connectivity index (χ4n) is 0.949. The van der Waals surface area contributed by atoms with Crippen LogP contribution in [0.25, 0.3) is 0 Å². The molecule has 1 rings (SSSR count). The molecule has 3 heteroatoms. The normalized spacial score (nSPS) is 9.18. The Labute approximate surface area is 65.7 Å². The Hall–Kier alpha value is -1.43. The Morgan fingerprint density at radius 1 is 1.36 bits per heavy atom. The molecule has 1 heterocycles. The van der Waals surface area contributed by atoms with E-state index in [1.165, 1.54) is 0 Å². The average Bonchev–Trinajstić information content (AvgIpc) is 1.85. The van der Waals surface area contributed by atoms with E-state index in [2.05, 4.69) is 9.97 Å². The van der Waals surface area contributed by atoms with Crippen molar-refractivity contribution in [3.05, 3.63) is 23.3 Å². The van der Waals surface area contributed by atoms with Gasteiger partial charge in [-0.05, 0) is 19.9 Å². The van der Waals surface area contributed by atoms with Gasteiger partial charge >= 0.3 is 0 Å². The van der Waals surface area contributed by atoms with Gasteiger partial charge in [-0.15, -0.1) is 0 Å². The molecule has 0 aliphatic carbocycles. The number of nitrogens with zero attached hydrogens (tertiary/aromatic N) is 3. The van der Waals surface area contributed by atoms with Crippen molar-refractivity contribution in [2.24, 2.45) is 0 Å². The van der Waals surface area contributed by atoms with Crippen LogP contribution in [0.4, 0.5) is 0 Å². The lowest BCUT2D eigenvalue weighted by Crippen LogP contribution is -1.97. The number of hydrogen-bond acceptors (Lipinski definition) is 3. The van der Waals surface area contributed by atoms with E-state index >= 15 is 0 Å². The molecule has 0 unspecified atom stereocenters. The van der Waals surface area contributed by atoms with Crippen molar-refractivity contribution in [3.63, 3.8) is 0 Å². The van der Waals surface area contributed by atoms with E-state index in [1.807, 2.05) is 26.0 Å². The summed E-state index contributed by atoms with van der Waals surface area (Å²) >= 11 is 0. The highest BCUT2D eigenvalue weighted by Gasteiger charge is 1.96. The molecule has 0 N–H and O–H groups in total. The highest BCUT2D eigenvalue weighted by atomic mass is 14.9. The van der Waals surface area contributed by atoms with Crippen molar-refractivity contribution in [3.8, 4) is 6.07 Å². The molecule has 0 saturated heterocycles. The van der Waals surface area contributed by atoms with Crippen molar-refractivity contribution < 1.29 is 0 Å². The monoisotopic (exact) mass is 147 g/mol. The van der Waals surface area contributed by atoms with Gasteiger partial charge in [0.25, 0.3) is 0 Å². The van der Waals surface area contributed by atoms with Crippen molar-refractivity contribution >= 4 is 0 Å². The molecule has 0 spiro atoms. The van der Waals surface area contributed by atoms with E-state index in [4.69, 9.17) is 5.26 Å². The number of rotatable bonds is 1. The second kappa shape index (κ2) is 3.11. The number of aromatic nitrogens is 2. The third kappa shape index (κ3) is 2.01. The lowest BCUT2D eigenvalue weighted by molar-refractivity contribution is 0.937. The zero-order valence-corrected chi connectivity index (χ0v) is 6.63. The van der Waals surface area contributed by atoms with E-state index in [0.717, 1.165) is 11.4 Å². The summed E-state index contributed by atoms with van der Waals surface area (Å²) in [6.45, 7) is 3.80. The molecule has 0 amide bonds. The molecule has 1 aromatic heterocycles. The fourth-order valence-corrected chi connectivity index (χ4v) is 0.949. The summed E-state index contributed by atoms with van der Waals surface area (Å²) in [6.07, 6.45) is 0.294. The van der Waals surface area contributed by atoms with Crippen LogP contribution in [0.5, 0.6) is 0 Å². The maximum absolute atomic E-state index is 8.37. The summed E-state index contributed by atoms with van der Waals surface area (Å²) in [7, 11) is 0. The minimum Gasteiger partial charge on any atom is -0.237 e. The Bertz CT molecular complexity index is 278. The topological polar surface area (TPSA) is 49.6 Å². The molecular formula is C8H9N3. The Morgan fingerprint density at radius 2 is 1.91 bits per heavy atom. The maximum atomic E-state index is 8.37. The Kier molecular flexibility index (Phi) is 2.17.